The fourth-order valence-electron chi connectivity index (χ4n) is 3.78. The van der Waals surface area contributed by atoms with Crippen molar-refractivity contribution in [1.29, 1.82) is 0 Å². The third kappa shape index (κ3) is 4.08. The van der Waals surface area contributed by atoms with E-state index >= 15 is 0 Å². The number of hydrogen-bond acceptors (Lipinski definition) is 0. The lowest BCUT2D eigenvalue weighted by molar-refractivity contribution is 0.106. The second kappa shape index (κ2) is 7.32. The van der Waals surface area contributed by atoms with Gasteiger partial charge in [0.1, 0.15) is 0 Å². The van der Waals surface area contributed by atoms with E-state index in [0.29, 0.717) is 0 Å². The molecule has 0 saturated heterocycles. The highest BCUT2D eigenvalue weighted by Gasteiger charge is 2.31. The molecule has 1 aliphatic carbocycles. The molecule has 16 heavy (non-hydrogen) atoms. The van der Waals surface area contributed by atoms with Crippen LogP contribution in [-0.2, 0) is 5.11 Å². The number of hydrogen-bond donors (Lipinski definition) is 0. The molecule has 95 valence electrons. The quantitative estimate of drug-likeness (QED) is 0.585. The van der Waals surface area contributed by atoms with Gasteiger partial charge in [-0.3, -0.25) is 0 Å². The van der Waals surface area contributed by atoms with Crippen LogP contribution in [0.3, 0.4) is 0 Å². The minimum Gasteiger partial charge on any atom is -0.237 e. The molecule has 0 aromatic carbocycles. The summed E-state index contributed by atoms with van der Waals surface area (Å²) in [5.41, 5.74) is 0. The van der Waals surface area contributed by atoms with E-state index in [9.17, 15) is 5.11 Å². The average molecular weight is 225 g/mol. The summed E-state index contributed by atoms with van der Waals surface area (Å²) in [5, 5.41) is 10.4. The summed E-state index contributed by atoms with van der Waals surface area (Å²) in [7, 11) is 0. The van der Waals surface area contributed by atoms with Crippen LogP contribution in [0, 0.1) is 23.7 Å². The molecule has 0 aromatic heterocycles. The van der Waals surface area contributed by atoms with E-state index < -0.39 is 0 Å². The molecule has 0 aliphatic heterocycles. The minimum absolute atomic E-state index is 0.120. The first-order valence-corrected chi connectivity index (χ1v) is 7.25. The fraction of sp³-hybridized carbons (Fsp3) is 1.00. The van der Waals surface area contributed by atoms with Crippen LogP contribution in [0.1, 0.15) is 65.7 Å². The molecule has 1 nitrogen and oxygen atoms in total. The maximum Gasteiger partial charge on any atom is 0.0822 e. The summed E-state index contributed by atoms with van der Waals surface area (Å²) < 4.78 is 0. The normalized spacial score (nSPS) is 30.9. The number of unbranched alkanes of at least 4 members (excludes halogenated alkanes) is 2. The molecular weight excluding hydrogens is 196 g/mol. The van der Waals surface area contributed by atoms with E-state index in [1.807, 2.05) is 0 Å². The molecular formula is C15H29O. The van der Waals surface area contributed by atoms with Crippen LogP contribution in [0.25, 0.3) is 0 Å². The van der Waals surface area contributed by atoms with Crippen LogP contribution < -0.4 is 0 Å². The third-order valence-electron chi connectivity index (χ3n) is 4.42. The standard InChI is InChI=1S/C15H29O/c1-12(2)15-13(3)8-7-10-14(15)9-5-4-6-11-16/h12-15H,4-11H2,1-3H3. The van der Waals surface area contributed by atoms with Crippen molar-refractivity contribution in [2.75, 3.05) is 6.61 Å². The molecule has 0 bridgehead atoms. The molecule has 0 spiro atoms. The Labute approximate surface area is 102 Å². The Balaban J connectivity index is 2.36. The highest BCUT2D eigenvalue weighted by atomic mass is 16.2. The van der Waals surface area contributed by atoms with Gasteiger partial charge in [0.15, 0.2) is 0 Å². The molecule has 0 heterocycles. The van der Waals surface area contributed by atoms with Crippen molar-refractivity contribution in [2.24, 2.45) is 23.7 Å². The van der Waals surface area contributed by atoms with Crippen LogP contribution in [-0.4, -0.2) is 6.61 Å². The van der Waals surface area contributed by atoms with Gasteiger partial charge in [0.2, 0.25) is 0 Å². The Morgan fingerprint density at radius 1 is 1.12 bits per heavy atom. The summed E-state index contributed by atoms with van der Waals surface area (Å²) >= 11 is 0. The van der Waals surface area contributed by atoms with Gasteiger partial charge in [0, 0.05) is 0 Å². The summed E-state index contributed by atoms with van der Waals surface area (Å²) in [4.78, 5) is 0. The lowest BCUT2D eigenvalue weighted by Crippen LogP contribution is -2.30. The van der Waals surface area contributed by atoms with Crippen molar-refractivity contribution < 1.29 is 5.11 Å². The van der Waals surface area contributed by atoms with Crippen LogP contribution in [0.15, 0.2) is 0 Å². The van der Waals surface area contributed by atoms with Crippen LogP contribution in [0.4, 0.5) is 0 Å². The van der Waals surface area contributed by atoms with Crippen LogP contribution in [0.5, 0.6) is 0 Å². The molecule has 3 atom stereocenters. The predicted molar refractivity (Wildman–Crippen MR) is 68.9 cm³/mol. The van der Waals surface area contributed by atoms with Gasteiger partial charge in [0.05, 0.1) is 6.61 Å². The fourth-order valence-corrected chi connectivity index (χ4v) is 3.78. The third-order valence-corrected chi connectivity index (χ3v) is 4.42. The first kappa shape index (κ1) is 14.0. The highest BCUT2D eigenvalue weighted by molar-refractivity contribution is 4.82. The van der Waals surface area contributed by atoms with Crippen molar-refractivity contribution in [2.45, 2.75) is 65.7 Å². The maximum absolute atomic E-state index is 10.4. The van der Waals surface area contributed by atoms with E-state index in [-0.39, 0.29) is 6.61 Å². The Kier molecular flexibility index (Phi) is 6.41. The zero-order valence-electron chi connectivity index (χ0n) is 11.4. The van der Waals surface area contributed by atoms with E-state index in [1.54, 1.807) is 0 Å². The van der Waals surface area contributed by atoms with E-state index in [2.05, 4.69) is 20.8 Å². The van der Waals surface area contributed by atoms with Gasteiger partial charge in [0.25, 0.3) is 0 Å². The lowest BCUT2D eigenvalue weighted by Gasteiger charge is -2.39. The van der Waals surface area contributed by atoms with Crippen molar-refractivity contribution >= 4 is 0 Å². The minimum atomic E-state index is 0.120. The largest absolute Gasteiger partial charge is 0.237 e. The summed E-state index contributed by atoms with van der Waals surface area (Å²) in [5.74, 6) is 3.62. The Morgan fingerprint density at radius 3 is 2.50 bits per heavy atom. The maximum atomic E-state index is 10.4. The van der Waals surface area contributed by atoms with Gasteiger partial charge >= 0.3 is 0 Å². The van der Waals surface area contributed by atoms with E-state index in [0.717, 1.165) is 36.5 Å². The molecule has 3 unspecified atom stereocenters. The topological polar surface area (TPSA) is 19.9 Å². The van der Waals surface area contributed by atoms with Crippen LogP contribution >= 0.6 is 0 Å². The van der Waals surface area contributed by atoms with Crippen molar-refractivity contribution in [1.82, 2.24) is 0 Å². The molecule has 0 aromatic rings. The van der Waals surface area contributed by atoms with Gasteiger partial charge in [-0.05, 0) is 30.1 Å². The lowest BCUT2D eigenvalue weighted by atomic mass is 9.66. The summed E-state index contributed by atoms with van der Waals surface area (Å²) in [6.07, 6.45) is 8.98. The molecule has 0 N–H and O–H groups in total. The van der Waals surface area contributed by atoms with Crippen molar-refractivity contribution in [3.8, 4) is 0 Å². The van der Waals surface area contributed by atoms with Crippen molar-refractivity contribution in [3.63, 3.8) is 0 Å². The van der Waals surface area contributed by atoms with E-state index in [1.165, 1.54) is 32.1 Å². The zero-order chi connectivity index (χ0) is 12.0. The Morgan fingerprint density at radius 2 is 1.88 bits per heavy atom. The molecule has 1 aliphatic rings. The molecule has 1 radical (unpaired) electrons. The molecule has 1 saturated carbocycles. The molecule has 0 amide bonds. The second-order valence-corrected chi connectivity index (χ2v) is 6.04. The van der Waals surface area contributed by atoms with E-state index in [4.69, 9.17) is 0 Å². The first-order chi connectivity index (χ1) is 7.66. The molecule has 1 fully saturated rings. The van der Waals surface area contributed by atoms with Gasteiger partial charge in [-0.1, -0.05) is 59.3 Å². The second-order valence-electron chi connectivity index (χ2n) is 6.04. The Hall–Kier alpha value is -0.0400. The zero-order valence-corrected chi connectivity index (χ0v) is 11.4. The highest BCUT2D eigenvalue weighted by Crippen LogP contribution is 2.41. The predicted octanol–water partition coefficient (Wildman–Crippen LogP) is 4.69. The molecule has 1 heteroatoms. The summed E-state index contributed by atoms with van der Waals surface area (Å²) in [6, 6.07) is 0. The van der Waals surface area contributed by atoms with Crippen molar-refractivity contribution in [3.05, 3.63) is 0 Å². The Bertz CT molecular complexity index is 176. The van der Waals surface area contributed by atoms with Gasteiger partial charge in [-0.15, -0.1) is 0 Å². The van der Waals surface area contributed by atoms with Gasteiger partial charge < -0.3 is 0 Å². The molecule has 1 rings (SSSR count). The monoisotopic (exact) mass is 225 g/mol. The van der Waals surface area contributed by atoms with Gasteiger partial charge in [-0.25, -0.2) is 5.11 Å². The van der Waals surface area contributed by atoms with Gasteiger partial charge in [-0.2, -0.15) is 0 Å². The first-order valence-electron chi connectivity index (χ1n) is 7.25. The summed E-state index contributed by atoms with van der Waals surface area (Å²) in [6.45, 7) is 7.33. The average Bonchev–Trinajstić information content (AvgIpc) is 2.24. The van der Waals surface area contributed by atoms with Crippen LogP contribution in [0.2, 0.25) is 0 Å². The SMILES string of the molecule is CC(C)C1C(C)CCCC1CCCCC[O]. The number of rotatable bonds is 6. The smallest absolute Gasteiger partial charge is 0.0822 e.